The molecule has 1 aromatic carbocycles. The third kappa shape index (κ3) is 6.79. The summed E-state index contributed by atoms with van der Waals surface area (Å²) >= 11 is 0. The normalized spacial score (nSPS) is 14.0. The van der Waals surface area contributed by atoms with Crippen LogP contribution in [0.2, 0.25) is 0 Å². The SMILES string of the molecule is CCOC(=O)N1CCC(NC(=O)CCCCn2c(=O)[nH]c3cc(OCC)c(OCC)cc3c2=O)CC1. The van der Waals surface area contributed by atoms with E-state index in [1.54, 1.807) is 24.0 Å². The molecule has 1 aliphatic rings. The third-order valence-corrected chi connectivity index (χ3v) is 6.07. The van der Waals surface area contributed by atoms with Crippen LogP contribution >= 0.6 is 0 Å². The lowest BCUT2D eigenvalue weighted by atomic mass is 10.0. The van der Waals surface area contributed by atoms with Gasteiger partial charge in [0.25, 0.3) is 5.56 Å². The van der Waals surface area contributed by atoms with Crippen molar-refractivity contribution in [1.29, 1.82) is 0 Å². The molecule has 0 radical (unpaired) electrons. The second-order valence-corrected chi connectivity index (χ2v) is 8.58. The minimum Gasteiger partial charge on any atom is -0.490 e. The smallest absolute Gasteiger partial charge is 0.409 e. The molecule has 0 unspecified atom stereocenters. The summed E-state index contributed by atoms with van der Waals surface area (Å²) in [6.07, 6.45) is 2.38. The molecule has 2 heterocycles. The number of rotatable bonds is 11. The highest BCUT2D eigenvalue weighted by molar-refractivity contribution is 5.81. The molecule has 11 nitrogen and oxygen atoms in total. The van der Waals surface area contributed by atoms with Gasteiger partial charge in [-0.25, -0.2) is 9.59 Å². The molecule has 3 rings (SSSR count). The van der Waals surface area contributed by atoms with E-state index >= 15 is 0 Å². The Labute approximate surface area is 209 Å². The molecular formula is C25H36N4O7. The minimum absolute atomic E-state index is 0.0234. The first-order chi connectivity index (χ1) is 17.4. The Morgan fingerprint density at radius 2 is 1.67 bits per heavy atom. The Hall–Kier alpha value is -3.50. The number of hydrogen-bond donors (Lipinski definition) is 2. The van der Waals surface area contributed by atoms with Crippen LogP contribution in [0, 0.1) is 0 Å². The van der Waals surface area contributed by atoms with Gasteiger partial charge in [-0.15, -0.1) is 0 Å². The summed E-state index contributed by atoms with van der Waals surface area (Å²) in [5.41, 5.74) is -0.519. The van der Waals surface area contributed by atoms with Gasteiger partial charge in [0.1, 0.15) is 0 Å². The number of piperidine rings is 1. The summed E-state index contributed by atoms with van der Waals surface area (Å²) in [4.78, 5) is 54.1. The van der Waals surface area contributed by atoms with E-state index in [0.717, 1.165) is 4.57 Å². The summed E-state index contributed by atoms with van der Waals surface area (Å²) < 4.78 is 17.3. The number of H-pyrrole nitrogens is 1. The van der Waals surface area contributed by atoms with Crippen molar-refractivity contribution >= 4 is 22.9 Å². The first kappa shape index (κ1) is 27.1. The van der Waals surface area contributed by atoms with E-state index in [9.17, 15) is 19.2 Å². The molecule has 1 fully saturated rings. The molecule has 1 saturated heterocycles. The molecule has 0 saturated carbocycles. The first-order valence-corrected chi connectivity index (χ1v) is 12.6. The number of nitrogens with one attached hydrogen (secondary N) is 2. The number of nitrogens with zero attached hydrogens (tertiary/aromatic N) is 2. The van der Waals surface area contributed by atoms with E-state index in [4.69, 9.17) is 14.2 Å². The van der Waals surface area contributed by atoms with Gasteiger partial charge in [-0.05, 0) is 52.5 Å². The van der Waals surface area contributed by atoms with Crippen LogP contribution in [0.3, 0.4) is 0 Å². The van der Waals surface area contributed by atoms with Crippen molar-refractivity contribution in [1.82, 2.24) is 19.8 Å². The molecule has 1 aromatic heterocycles. The number of amides is 2. The number of carbonyl (C=O) groups excluding carboxylic acids is 2. The average molecular weight is 505 g/mol. The largest absolute Gasteiger partial charge is 0.490 e. The van der Waals surface area contributed by atoms with Crippen LogP contribution in [0.25, 0.3) is 10.9 Å². The Balaban J connectivity index is 1.53. The maximum absolute atomic E-state index is 13.0. The van der Waals surface area contributed by atoms with Gasteiger partial charge < -0.3 is 29.4 Å². The number of benzene rings is 1. The molecular weight excluding hydrogens is 468 g/mol. The predicted octanol–water partition coefficient (Wildman–Crippen LogP) is 2.39. The van der Waals surface area contributed by atoms with E-state index < -0.39 is 11.2 Å². The number of aromatic amines is 1. The van der Waals surface area contributed by atoms with Gasteiger partial charge in [0.05, 0.1) is 30.7 Å². The molecule has 11 heteroatoms. The third-order valence-electron chi connectivity index (χ3n) is 6.07. The highest BCUT2D eigenvalue weighted by atomic mass is 16.6. The molecule has 2 amide bonds. The molecule has 36 heavy (non-hydrogen) atoms. The van der Waals surface area contributed by atoms with Gasteiger partial charge in [-0.2, -0.15) is 0 Å². The second-order valence-electron chi connectivity index (χ2n) is 8.58. The number of carbonyl (C=O) groups is 2. The van der Waals surface area contributed by atoms with Crippen LogP contribution in [0.5, 0.6) is 11.5 Å². The first-order valence-electron chi connectivity index (χ1n) is 12.6. The summed E-state index contributed by atoms with van der Waals surface area (Å²) in [5.74, 6) is 0.846. The van der Waals surface area contributed by atoms with Crippen molar-refractivity contribution in [3.8, 4) is 11.5 Å². The summed E-state index contributed by atoms with van der Waals surface area (Å²) in [5, 5.41) is 3.35. The van der Waals surface area contributed by atoms with E-state index in [1.165, 1.54) is 0 Å². The average Bonchev–Trinajstić information content (AvgIpc) is 2.85. The molecule has 2 N–H and O–H groups in total. The summed E-state index contributed by atoms with van der Waals surface area (Å²) in [6, 6.07) is 3.23. The predicted molar refractivity (Wildman–Crippen MR) is 135 cm³/mol. The lowest BCUT2D eigenvalue weighted by Gasteiger charge is -2.31. The lowest BCUT2D eigenvalue weighted by Crippen LogP contribution is -2.46. The zero-order valence-electron chi connectivity index (χ0n) is 21.3. The van der Waals surface area contributed by atoms with E-state index in [0.29, 0.717) is 87.4 Å². The lowest BCUT2D eigenvalue weighted by molar-refractivity contribution is -0.122. The van der Waals surface area contributed by atoms with E-state index in [2.05, 4.69) is 10.3 Å². The standard InChI is InChI=1S/C25H36N4O7/c1-4-34-20-15-18-19(16-21(20)35-5-2)27-24(32)29(23(18)31)12-8-7-9-22(30)26-17-10-13-28(14-11-17)25(33)36-6-3/h15-17H,4-14H2,1-3H3,(H,26,30)(H,27,32). The maximum Gasteiger partial charge on any atom is 0.409 e. The molecule has 1 aliphatic heterocycles. The number of ether oxygens (including phenoxy) is 3. The maximum atomic E-state index is 13.0. The Bertz CT molecular complexity index is 1170. The Morgan fingerprint density at radius 3 is 2.31 bits per heavy atom. The van der Waals surface area contributed by atoms with Crippen LogP contribution in [0.4, 0.5) is 4.79 Å². The van der Waals surface area contributed by atoms with Crippen molar-refractivity contribution in [3.63, 3.8) is 0 Å². The molecule has 2 aromatic rings. The van der Waals surface area contributed by atoms with Gasteiger partial charge in [-0.1, -0.05) is 0 Å². The summed E-state index contributed by atoms with van der Waals surface area (Å²) in [7, 11) is 0. The molecule has 0 atom stereocenters. The Kier molecular flexibility index (Phi) is 9.77. The van der Waals surface area contributed by atoms with Crippen molar-refractivity contribution in [2.45, 2.75) is 65.5 Å². The molecule has 0 aliphatic carbocycles. The number of likely N-dealkylation sites (tertiary alicyclic amines) is 1. The van der Waals surface area contributed by atoms with Gasteiger partial charge in [0, 0.05) is 38.2 Å². The fourth-order valence-corrected chi connectivity index (χ4v) is 4.28. The number of hydrogen-bond acceptors (Lipinski definition) is 7. The van der Waals surface area contributed by atoms with Crippen molar-refractivity contribution < 1.29 is 23.8 Å². The zero-order valence-corrected chi connectivity index (χ0v) is 21.3. The van der Waals surface area contributed by atoms with Crippen molar-refractivity contribution in [3.05, 3.63) is 33.0 Å². The van der Waals surface area contributed by atoms with Crippen molar-refractivity contribution in [2.75, 3.05) is 32.9 Å². The highest BCUT2D eigenvalue weighted by Gasteiger charge is 2.24. The number of fused-ring (bicyclic) bond motifs is 1. The van der Waals surface area contributed by atoms with Crippen LogP contribution in [0.1, 0.15) is 52.9 Å². The van der Waals surface area contributed by atoms with Gasteiger partial charge in [0.2, 0.25) is 5.91 Å². The van der Waals surface area contributed by atoms with Gasteiger partial charge in [0.15, 0.2) is 11.5 Å². The second kappa shape index (κ2) is 13.0. The molecule has 0 bridgehead atoms. The molecule has 198 valence electrons. The zero-order chi connectivity index (χ0) is 26.1. The topological polar surface area (TPSA) is 132 Å². The monoisotopic (exact) mass is 504 g/mol. The van der Waals surface area contributed by atoms with Crippen LogP contribution < -0.4 is 26.0 Å². The van der Waals surface area contributed by atoms with Gasteiger partial charge in [-0.3, -0.25) is 14.2 Å². The Morgan fingerprint density at radius 1 is 1.00 bits per heavy atom. The number of aromatic nitrogens is 2. The van der Waals surface area contributed by atoms with E-state index in [1.807, 2.05) is 13.8 Å². The quantitative estimate of drug-likeness (QED) is 0.449. The highest BCUT2D eigenvalue weighted by Crippen LogP contribution is 2.30. The minimum atomic E-state index is -0.503. The fourth-order valence-electron chi connectivity index (χ4n) is 4.28. The van der Waals surface area contributed by atoms with Gasteiger partial charge >= 0.3 is 11.8 Å². The fraction of sp³-hybridized carbons (Fsp3) is 0.600. The van der Waals surface area contributed by atoms with Crippen molar-refractivity contribution in [2.24, 2.45) is 0 Å². The molecule has 0 spiro atoms. The van der Waals surface area contributed by atoms with E-state index in [-0.39, 0.29) is 24.6 Å². The van der Waals surface area contributed by atoms with Crippen LogP contribution in [0.15, 0.2) is 21.7 Å². The van der Waals surface area contributed by atoms with Crippen LogP contribution in [-0.4, -0.2) is 65.4 Å². The van der Waals surface area contributed by atoms with Crippen LogP contribution in [-0.2, 0) is 16.1 Å². The summed E-state index contributed by atoms with van der Waals surface area (Å²) in [6.45, 7) is 7.94. The number of unbranched alkanes of at least 4 members (excludes halogenated alkanes) is 1.